The topological polar surface area (TPSA) is 29.1 Å². The zero-order valence-corrected chi connectivity index (χ0v) is 19.2. The van der Waals surface area contributed by atoms with Crippen molar-refractivity contribution in [1.82, 2.24) is 0 Å². The number of ketones is 1. The largest absolute Gasteiger partial charge is 0.377 e. The Kier molecular flexibility index (Phi) is 6.22. The molecule has 0 saturated carbocycles. The van der Waals surface area contributed by atoms with Gasteiger partial charge in [0, 0.05) is 11.3 Å². The molecule has 2 heteroatoms. The second-order valence-electron chi connectivity index (χ2n) is 8.71. The minimum absolute atomic E-state index is 0.102. The molecule has 0 aliphatic heterocycles. The Morgan fingerprint density at radius 1 is 0.618 bits per heavy atom. The lowest BCUT2D eigenvalue weighted by Crippen LogP contribution is -2.26. The maximum atomic E-state index is 14.0. The molecule has 5 aromatic rings. The van der Waals surface area contributed by atoms with Gasteiger partial charge in [0.05, 0.1) is 12.0 Å². The highest BCUT2D eigenvalue weighted by Gasteiger charge is 2.32. The number of anilines is 1. The van der Waals surface area contributed by atoms with E-state index in [1.807, 2.05) is 48.5 Å². The van der Waals surface area contributed by atoms with Crippen molar-refractivity contribution in [3.8, 4) is 0 Å². The zero-order chi connectivity index (χ0) is 23.3. The fourth-order valence-corrected chi connectivity index (χ4v) is 4.53. The Hall–Kier alpha value is -4.17. The number of carbonyl (C=O) groups excluding carboxylic acids is 1. The molecule has 2 atom stereocenters. The van der Waals surface area contributed by atoms with Crippen molar-refractivity contribution in [1.29, 1.82) is 0 Å². The third kappa shape index (κ3) is 4.62. The first kappa shape index (κ1) is 21.7. The maximum absolute atomic E-state index is 14.0. The van der Waals surface area contributed by atoms with Crippen LogP contribution < -0.4 is 5.32 Å². The number of fused-ring (bicyclic) bond motifs is 1. The molecule has 0 amide bonds. The van der Waals surface area contributed by atoms with E-state index in [2.05, 4.69) is 91.1 Å². The summed E-state index contributed by atoms with van der Waals surface area (Å²) in [6, 6.07) is 42.6. The molecule has 0 bridgehead atoms. The fraction of sp³-hybridized carbons (Fsp3) is 0.0938. The fourth-order valence-electron chi connectivity index (χ4n) is 4.53. The van der Waals surface area contributed by atoms with E-state index in [4.69, 9.17) is 0 Å². The van der Waals surface area contributed by atoms with E-state index in [1.165, 1.54) is 16.3 Å². The number of nitrogens with one attached hydrogen (secondary N) is 1. The number of carbonyl (C=O) groups is 1. The normalized spacial score (nSPS) is 12.7. The summed E-state index contributed by atoms with van der Waals surface area (Å²) in [5, 5.41) is 6.10. The van der Waals surface area contributed by atoms with Crippen molar-refractivity contribution >= 4 is 22.2 Å². The van der Waals surface area contributed by atoms with Gasteiger partial charge in [-0.3, -0.25) is 4.79 Å². The highest BCUT2D eigenvalue weighted by molar-refractivity contribution is 6.02. The summed E-state index contributed by atoms with van der Waals surface area (Å²) in [5.74, 6) is -0.288. The Balaban J connectivity index is 1.63. The van der Waals surface area contributed by atoms with E-state index in [0.29, 0.717) is 5.56 Å². The van der Waals surface area contributed by atoms with Gasteiger partial charge in [-0.1, -0.05) is 121 Å². The predicted molar refractivity (Wildman–Crippen MR) is 141 cm³/mol. The van der Waals surface area contributed by atoms with Gasteiger partial charge in [0.1, 0.15) is 0 Å². The first-order valence-electron chi connectivity index (χ1n) is 11.7. The molecule has 166 valence electrons. The second kappa shape index (κ2) is 9.76. The van der Waals surface area contributed by atoms with Gasteiger partial charge in [-0.05, 0) is 41.0 Å². The van der Waals surface area contributed by atoms with Crippen LogP contribution in [0.3, 0.4) is 0 Å². The molecule has 5 aromatic carbocycles. The maximum Gasteiger partial charge on any atom is 0.172 e. The molecule has 0 fully saturated rings. The monoisotopic (exact) mass is 441 g/mol. The minimum Gasteiger partial charge on any atom is -0.377 e. The van der Waals surface area contributed by atoms with E-state index in [9.17, 15) is 4.79 Å². The van der Waals surface area contributed by atoms with Crippen LogP contribution in [0.5, 0.6) is 0 Å². The van der Waals surface area contributed by atoms with Crippen molar-refractivity contribution in [3.05, 3.63) is 150 Å². The van der Waals surface area contributed by atoms with Crippen molar-refractivity contribution < 1.29 is 4.79 Å². The van der Waals surface area contributed by atoms with Crippen molar-refractivity contribution in [2.75, 3.05) is 5.32 Å². The first-order valence-corrected chi connectivity index (χ1v) is 11.7. The SMILES string of the molecule is Cc1ccc(C(Nc2ccc3ccccc3c2)C(C(=O)c2ccccc2)c2ccccc2)cc1. The van der Waals surface area contributed by atoms with Crippen molar-refractivity contribution in [2.45, 2.75) is 18.9 Å². The van der Waals surface area contributed by atoms with Gasteiger partial charge >= 0.3 is 0 Å². The lowest BCUT2D eigenvalue weighted by Gasteiger charge is -2.29. The van der Waals surface area contributed by atoms with Crippen LogP contribution in [0.15, 0.2) is 127 Å². The van der Waals surface area contributed by atoms with Crippen LogP contribution >= 0.6 is 0 Å². The molecule has 2 unspecified atom stereocenters. The summed E-state index contributed by atoms with van der Waals surface area (Å²) >= 11 is 0. The smallest absolute Gasteiger partial charge is 0.172 e. The molecular weight excluding hydrogens is 414 g/mol. The van der Waals surface area contributed by atoms with Gasteiger partial charge in [-0.2, -0.15) is 0 Å². The Labute approximate surface area is 200 Å². The molecule has 0 saturated heterocycles. The second-order valence-corrected chi connectivity index (χ2v) is 8.71. The van der Waals surface area contributed by atoms with E-state index < -0.39 is 5.92 Å². The zero-order valence-electron chi connectivity index (χ0n) is 19.2. The summed E-state index contributed by atoms with van der Waals surface area (Å²) in [6.45, 7) is 2.08. The van der Waals surface area contributed by atoms with Gasteiger partial charge in [0.25, 0.3) is 0 Å². The quantitative estimate of drug-likeness (QED) is 0.260. The van der Waals surface area contributed by atoms with E-state index in [1.54, 1.807) is 0 Å². The Bertz CT molecular complexity index is 1390. The molecular formula is C32H27NO. The van der Waals surface area contributed by atoms with Crippen LogP contribution in [0.1, 0.15) is 39.0 Å². The summed E-state index contributed by atoms with van der Waals surface area (Å²) in [6.07, 6.45) is 0. The van der Waals surface area contributed by atoms with Crippen LogP contribution in [0.2, 0.25) is 0 Å². The number of rotatable bonds is 7. The van der Waals surface area contributed by atoms with Gasteiger partial charge in [-0.25, -0.2) is 0 Å². The van der Waals surface area contributed by atoms with Crippen LogP contribution in [-0.4, -0.2) is 5.78 Å². The predicted octanol–water partition coefficient (Wildman–Crippen LogP) is 7.97. The molecule has 0 spiro atoms. The number of aryl methyl sites for hydroxylation is 1. The van der Waals surface area contributed by atoms with Gasteiger partial charge in [-0.15, -0.1) is 0 Å². The first-order chi connectivity index (χ1) is 16.7. The molecule has 0 heterocycles. The Morgan fingerprint density at radius 2 is 1.24 bits per heavy atom. The number of Topliss-reactive ketones (excluding diaryl/α,β-unsaturated/α-hetero) is 1. The molecule has 0 aliphatic carbocycles. The molecule has 5 rings (SSSR count). The highest BCUT2D eigenvalue weighted by atomic mass is 16.1. The number of benzene rings is 5. The standard InChI is InChI=1S/C32H27NO/c1-23-16-18-26(19-17-23)31(33-29-21-20-24-10-8-9-15-28(24)22-29)30(25-11-4-2-5-12-25)32(34)27-13-6-3-7-14-27/h2-22,30-31,33H,1H3. The number of hydrogen-bond donors (Lipinski definition) is 1. The lowest BCUT2D eigenvalue weighted by atomic mass is 9.81. The van der Waals surface area contributed by atoms with Crippen LogP contribution in [0.25, 0.3) is 10.8 Å². The average Bonchev–Trinajstić information content (AvgIpc) is 2.90. The summed E-state index contributed by atoms with van der Waals surface area (Å²) in [7, 11) is 0. The van der Waals surface area contributed by atoms with E-state index >= 15 is 0 Å². The van der Waals surface area contributed by atoms with Crippen LogP contribution in [0, 0.1) is 6.92 Å². The van der Waals surface area contributed by atoms with E-state index in [-0.39, 0.29) is 11.8 Å². The minimum atomic E-state index is -0.391. The number of hydrogen-bond acceptors (Lipinski definition) is 2. The Morgan fingerprint density at radius 3 is 1.94 bits per heavy atom. The molecule has 1 N–H and O–H groups in total. The van der Waals surface area contributed by atoms with Crippen molar-refractivity contribution in [3.63, 3.8) is 0 Å². The molecule has 0 radical (unpaired) electrons. The summed E-state index contributed by atoms with van der Waals surface area (Å²) < 4.78 is 0. The molecule has 0 aliphatic rings. The third-order valence-electron chi connectivity index (χ3n) is 6.34. The van der Waals surface area contributed by atoms with Crippen molar-refractivity contribution in [2.24, 2.45) is 0 Å². The molecule has 0 aromatic heterocycles. The lowest BCUT2D eigenvalue weighted by molar-refractivity contribution is 0.0950. The summed E-state index contributed by atoms with van der Waals surface area (Å²) in [5.41, 5.74) is 4.98. The van der Waals surface area contributed by atoms with Gasteiger partial charge in [0.15, 0.2) is 5.78 Å². The van der Waals surface area contributed by atoms with Gasteiger partial charge in [0.2, 0.25) is 0 Å². The van der Waals surface area contributed by atoms with Crippen LogP contribution in [0.4, 0.5) is 5.69 Å². The van der Waals surface area contributed by atoms with Crippen LogP contribution in [-0.2, 0) is 0 Å². The van der Waals surface area contributed by atoms with E-state index in [0.717, 1.165) is 16.8 Å². The van der Waals surface area contributed by atoms with Gasteiger partial charge < -0.3 is 5.32 Å². The molecule has 2 nitrogen and oxygen atoms in total. The summed E-state index contributed by atoms with van der Waals surface area (Å²) in [4.78, 5) is 14.0. The highest BCUT2D eigenvalue weighted by Crippen LogP contribution is 2.37. The average molecular weight is 442 g/mol. The molecule has 34 heavy (non-hydrogen) atoms. The third-order valence-corrected chi connectivity index (χ3v) is 6.34.